The van der Waals surface area contributed by atoms with Crippen molar-refractivity contribution in [2.75, 3.05) is 30.4 Å². The normalized spacial score (nSPS) is 11.7. The molecule has 2 N–H and O–H groups in total. The van der Waals surface area contributed by atoms with Crippen LogP contribution in [0.25, 0.3) is 0 Å². The number of anilines is 1. The van der Waals surface area contributed by atoms with Crippen molar-refractivity contribution in [1.29, 1.82) is 0 Å². The summed E-state index contributed by atoms with van der Waals surface area (Å²) in [5.74, 6) is 0. The molecular weight excluding hydrogens is 508 g/mol. The summed E-state index contributed by atoms with van der Waals surface area (Å²) in [6, 6.07) is 6.92. The topological polar surface area (TPSA) is 26.0 Å². The van der Waals surface area contributed by atoms with Crippen molar-refractivity contribution in [2.45, 2.75) is 168 Å². The van der Waals surface area contributed by atoms with Crippen molar-refractivity contribution in [3.63, 3.8) is 0 Å². The molecule has 0 saturated heterocycles. The van der Waals surface area contributed by atoms with Crippen LogP contribution in [-0.4, -0.2) is 24.6 Å². The molecule has 0 aliphatic rings. The second-order valence-corrected chi connectivity index (χ2v) is 17.3. The van der Waals surface area contributed by atoms with Crippen LogP contribution in [-0.2, 0) is 12.3 Å². The highest BCUT2D eigenvalue weighted by atomic mass is 31.1. The number of unbranched alkanes of at least 4 members (excludes halogenated alkanes) is 16. The van der Waals surface area contributed by atoms with Gasteiger partial charge in [-0.1, -0.05) is 143 Å². The number of nitrogen functional groups attached to an aromatic ring is 1. The van der Waals surface area contributed by atoms with Gasteiger partial charge in [0.2, 0.25) is 0 Å². The third-order valence-corrected chi connectivity index (χ3v) is 13.7. The lowest BCUT2D eigenvalue weighted by Crippen LogP contribution is -2.04. The van der Waals surface area contributed by atoms with Crippen LogP contribution in [0.4, 0.5) is 5.69 Å². The third-order valence-electron chi connectivity index (χ3n) is 8.40. The van der Waals surface area contributed by atoms with Gasteiger partial charge in [0.1, 0.15) is 0 Å². The van der Waals surface area contributed by atoms with Crippen LogP contribution in [0.15, 0.2) is 18.2 Å². The molecule has 0 unspecified atom stereocenters. The van der Waals surface area contributed by atoms with Crippen molar-refractivity contribution in [2.24, 2.45) is 0 Å². The minimum Gasteiger partial charge on any atom is -0.398 e. The Kier molecular flexibility index (Phi) is 25.3. The Morgan fingerprint density at radius 2 is 0.821 bits per heavy atom. The standard InChI is InChI=1S/C36H69NP2/c1-5-9-13-17-21-28-38(29-22-18-14-10-6-2)32-34-26-25-27-36(37)35(34)33-39(30-23-19-15-11-7-3)31-24-20-16-12-8-4/h25-27H,5-24,28-33,37H2,1-4H3. The molecule has 39 heavy (non-hydrogen) atoms. The zero-order valence-electron chi connectivity index (χ0n) is 27.1. The molecule has 0 aliphatic heterocycles. The molecule has 228 valence electrons. The van der Waals surface area contributed by atoms with Gasteiger partial charge in [-0.25, -0.2) is 0 Å². The van der Waals surface area contributed by atoms with E-state index in [2.05, 4.69) is 45.9 Å². The van der Waals surface area contributed by atoms with E-state index in [0.717, 1.165) is 5.69 Å². The van der Waals surface area contributed by atoms with Gasteiger partial charge in [0.15, 0.2) is 0 Å². The average Bonchev–Trinajstić information content (AvgIpc) is 2.93. The Hall–Kier alpha value is -0.120. The maximum Gasteiger partial charge on any atom is 0.0353 e. The van der Waals surface area contributed by atoms with Crippen molar-refractivity contribution >= 4 is 21.5 Å². The van der Waals surface area contributed by atoms with E-state index in [-0.39, 0.29) is 15.8 Å². The maximum absolute atomic E-state index is 6.76. The van der Waals surface area contributed by atoms with Crippen molar-refractivity contribution in [3.05, 3.63) is 29.3 Å². The Morgan fingerprint density at radius 1 is 0.462 bits per heavy atom. The lowest BCUT2D eigenvalue weighted by Gasteiger charge is -2.24. The summed E-state index contributed by atoms with van der Waals surface area (Å²) in [6.45, 7) is 9.31. The quantitative estimate of drug-likeness (QED) is 0.0598. The van der Waals surface area contributed by atoms with Gasteiger partial charge in [-0.15, -0.1) is 15.8 Å². The predicted molar refractivity (Wildman–Crippen MR) is 187 cm³/mol. The summed E-state index contributed by atoms with van der Waals surface area (Å²) in [7, 11) is 0.139. The van der Waals surface area contributed by atoms with E-state index in [1.807, 2.05) is 0 Å². The van der Waals surface area contributed by atoms with E-state index >= 15 is 0 Å². The summed E-state index contributed by atoms with van der Waals surface area (Å²) in [5, 5.41) is 0. The minimum absolute atomic E-state index is 0.0553. The minimum atomic E-state index is 0.0553. The molecule has 0 bridgehead atoms. The molecule has 0 amide bonds. The first-order chi connectivity index (χ1) is 19.2. The monoisotopic (exact) mass is 577 g/mol. The van der Waals surface area contributed by atoms with Crippen molar-refractivity contribution < 1.29 is 0 Å². The smallest absolute Gasteiger partial charge is 0.0353 e. The van der Waals surface area contributed by atoms with E-state index in [1.54, 1.807) is 11.1 Å². The Balaban J connectivity index is 2.87. The van der Waals surface area contributed by atoms with Crippen molar-refractivity contribution in [3.8, 4) is 0 Å². The Bertz CT molecular complexity index is 633. The molecule has 1 aromatic rings. The van der Waals surface area contributed by atoms with Crippen LogP contribution < -0.4 is 5.73 Å². The molecular formula is C36H69NP2. The van der Waals surface area contributed by atoms with Gasteiger partial charge in [-0.2, -0.15) is 0 Å². The van der Waals surface area contributed by atoms with E-state index in [4.69, 9.17) is 5.73 Å². The fourth-order valence-corrected chi connectivity index (χ4v) is 11.1. The van der Waals surface area contributed by atoms with Gasteiger partial charge >= 0.3 is 0 Å². The van der Waals surface area contributed by atoms with Crippen molar-refractivity contribution in [1.82, 2.24) is 0 Å². The number of nitrogens with two attached hydrogens (primary N) is 1. The van der Waals surface area contributed by atoms with Gasteiger partial charge < -0.3 is 5.73 Å². The van der Waals surface area contributed by atoms with E-state index in [1.165, 1.54) is 165 Å². The molecule has 1 nitrogen and oxygen atoms in total. The Labute approximate surface area is 249 Å². The summed E-state index contributed by atoms with van der Waals surface area (Å²) >= 11 is 0. The lowest BCUT2D eigenvalue weighted by atomic mass is 10.1. The van der Waals surface area contributed by atoms with Crippen LogP contribution in [0.2, 0.25) is 0 Å². The highest BCUT2D eigenvalue weighted by Crippen LogP contribution is 2.47. The number of benzene rings is 1. The first-order valence-corrected chi connectivity index (χ1v) is 21.3. The highest BCUT2D eigenvalue weighted by molar-refractivity contribution is 7.57. The summed E-state index contributed by atoms with van der Waals surface area (Å²) < 4.78 is 0. The average molecular weight is 578 g/mol. The molecule has 0 atom stereocenters. The number of hydrogen-bond acceptors (Lipinski definition) is 1. The summed E-state index contributed by atoms with van der Waals surface area (Å²) in [4.78, 5) is 0. The van der Waals surface area contributed by atoms with Gasteiger partial charge in [-0.05, 0) is 79.8 Å². The number of hydrogen-bond donors (Lipinski definition) is 1. The molecule has 0 aromatic heterocycles. The lowest BCUT2D eigenvalue weighted by molar-refractivity contribution is 0.652. The first kappa shape index (κ1) is 36.9. The molecule has 3 heteroatoms. The van der Waals surface area contributed by atoms with E-state index < -0.39 is 0 Å². The molecule has 0 aliphatic carbocycles. The fourth-order valence-electron chi connectivity index (χ4n) is 5.76. The SMILES string of the molecule is CCCCCCCP(CCCCCCC)Cc1cccc(N)c1CP(CCCCCCC)CCCCCCC. The molecule has 0 fully saturated rings. The van der Waals surface area contributed by atoms with Gasteiger partial charge in [0.25, 0.3) is 0 Å². The largest absolute Gasteiger partial charge is 0.398 e. The molecule has 1 rings (SSSR count). The van der Waals surface area contributed by atoms with E-state index in [9.17, 15) is 0 Å². The maximum atomic E-state index is 6.76. The van der Waals surface area contributed by atoms with Crippen LogP contribution in [0, 0.1) is 0 Å². The summed E-state index contributed by atoms with van der Waals surface area (Å²) in [5.41, 5.74) is 11.1. The van der Waals surface area contributed by atoms with Gasteiger partial charge in [0, 0.05) is 5.69 Å². The fraction of sp³-hybridized carbons (Fsp3) is 0.833. The van der Waals surface area contributed by atoms with Crippen LogP contribution >= 0.6 is 15.8 Å². The van der Waals surface area contributed by atoms with Gasteiger partial charge in [0.05, 0.1) is 0 Å². The van der Waals surface area contributed by atoms with Crippen LogP contribution in [0.1, 0.15) is 167 Å². The second-order valence-electron chi connectivity index (χ2n) is 12.2. The van der Waals surface area contributed by atoms with Crippen LogP contribution in [0.5, 0.6) is 0 Å². The zero-order chi connectivity index (χ0) is 28.4. The third kappa shape index (κ3) is 19.6. The molecule has 0 radical (unpaired) electrons. The van der Waals surface area contributed by atoms with E-state index in [0.29, 0.717) is 0 Å². The Morgan fingerprint density at radius 3 is 1.21 bits per heavy atom. The second kappa shape index (κ2) is 26.8. The molecule has 0 saturated carbocycles. The molecule has 1 aromatic carbocycles. The van der Waals surface area contributed by atoms with Crippen LogP contribution in [0.3, 0.4) is 0 Å². The highest BCUT2D eigenvalue weighted by Gasteiger charge is 2.17. The number of rotatable bonds is 28. The zero-order valence-corrected chi connectivity index (χ0v) is 28.9. The summed E-state index contributed by atoms with van der Waals surface area (Å²) in [6.07, 6.45) is 36.7. The first-order valence-electron chi connectivity index (χ1n) is 17.5. The predicted octanol–water partition coefficient (Wildman–Crippen LogP) is 13.1. The molecule has 0 heterocycles. The van der Waals surface area contributed by atoms with Gasteiger partial charge in [-0.3, -0.25) is 0 Å². The molecule has 0 spiro atoms.